The van der Waals surface area contributed by atoms with Crippen LogP contribution in [-0.4, -0.2) is 40.8 Å². The van der Waals surface area contributed by atoms with Gasteiger partial charge < -0.3 is 10.2 Å². The van der Waals surface area contributed by atoms with E-state index >= 15 is 0 Å². The highest BCUT2D eigenvalue weighted by Crippen LogP contribution is 2.17. The maximum Gasteiger partial charge on any atom is 0.272 e. The topological polar surface area (TPSA) is 62.3 Å². The van der Waals surface area contributed by atoms with E-state index in [1.54, 1.807) is 12.1 Å². The standard InChI is InChI=1S/C17H25N3O2/c1-4-13(3)19-16(21)14-7-8-18-15(10-14)17(22)20-9-5-6-12(2)11-20/h7-8,10,12-13H,4-6,9,11H2,1-3H3,(H,19,21). The lowest BCUT2D eigenvalue weighted by molar-refractivity contribution is 0.0677. The number of carbonyl (C=O) groups is 2. The van der Waals surface area contributed by atoms with Gasteiger partial charge >= 0.3 is 0 Å². The molecule has 5 heteroatoms. The molecule has 5 nitrogen and oxygen atoms in total. The first-order valence-electron chi connectivity index (χ1n) is 8.07. The van der Waals surface area contributed by atoms with Crippen LogP contribution in [0.4, 0.5) is 0 Å². The first-order chi connectivity index (χ1) is 10.5. The van der Waals surface area contributed by atoms with Crippen LogP contribution in [0.5, 0.6) is 0 Å². The molecule has 2 rings (SSSR count). The second-order valence-electron chi connectivity index (χ2n) is 6.21. The van der Waals surface area contributed by atoms with Crippen molar-refractivity contribution in [1.82, 2.24) is 15.2 Å². The summed E-state index contributed by atoms with van der Waals surface area (Å²) in [6, 6.07) is 3.36. The summed E-state index contributed by atoms with van der Waals surface area (Å²) >= 11 is 0. The molecular formula is C17H25N3O2. The number of aromatic nitrogens is 1. The van der Waals surface area contributed by atoms with E-state index in [4.69, 9.17) is 0 Å². The van der Waals surface area contributed by atoms with Gasteiger partial charge in [-0.25, -0.2) is 0 Å². The minimum Gasteiger partial charge on any atom is -0.350 e. The Morgan fingerprint density at radius 3 is 2.95 bits per heavy atom. The lowest BCUT2D eigenvalue weighted by Crippen LogP contribution is -2.39. The third-order valence-electron chi connectivity index (χ3n) is 4.18. The summed E-state index contributed by atoms with van der Waals surface area (Å²) in [5.41, 5.74) is 0.842. The zero-order valence-electron chi connectivity index (χ0n) is 13.6. The van der Waals surface area contributed by atoms with Crippen LogP contribution in [0.25, 0.3) is 0 Å². The summed E-state index contributed by atoms with van der Waals surface area (Å²) < 4.78 is 0. The first-order valence-corrected chi connectivity index (χ1v) is 8.07. The molecule has 2 heterocycles. The maximum atomic E-state index is 12.5. The third kappa shape index (κ3) is 4.06. The Morgan fingerprint density at radius 1 is 1.50 bits per heavy atom. The van der Waals surface area contributed by atoms with Gasteiger partial charge in [-0.1, -0.05) is 13.8 Å². The Balaban J connectivity index is 2.10. The molecular weight excluding hydrogens is 278 g/mol. The van der Waals surface area contributed by atoms with Crippen molar-refractivity contribution in [2.24, 2.45) is 5.92 Å². The van der Waals surface area contributed by atoms with Crippen LogP contribution >= 0.6 is 0 Å². The maximum absolute atomic E-state index is 12.5. The summed E-state index contributed by atoms with van der Waals surface area (Å²) in [5, 5.41) is 2.91. The SMILES string of the molecule is CCC(C)NC(=O)c1ccnc(C(=O)N2CCCC(C)C2)c1. The van der Waals surface area contributed by atoms with Crippen molar-refractivity contribution in [2.75, 3.05) is 13.1 Å². The number of likely N-dealkylation sites (tertiary alicyclic amines) is 1. The van der Waals surface area contributed by atoms with Crippen LogP contribution in [0.15, 0.2) is 18.3 Å². The third-order valence-corrected chi connectivity index (χ3v) is 4.18. The second kappa shape index (κ2) is 7.38. The molecule has 0 radical (unpaired) electrons. The summed E-state index contributed by atoms with van der Waals surface area (Å²) in [6.45, 7) is 7.67. The zero-order valence-corrected chi connectivity index (χ0v) is 13.6. The fourth-order valence-electron chi connectivity index (χ4n) is 2.63. The molecule has 0 saturated carbocycles. The number of piperidine rings is 1. The number of pyridine rings is 1. The van der Waals surface area contributed by atoms with Crippen molar-refractivity contribution in [3.8, 4) is 0 Å². The predicted molar refractivity (Wildman–Crippen MR) is 85.8 cm³/mol. The van der Waals surface area contributed by atoms with Crippen molar-refractivity contribution in [1.29, 1.82) is 0 Å². The molecule has 1 aliphatic heterocycles. The Kier molecular flexibility index (Phi) is 5.52. The molecule has 1 aromatic rings. The predicted octanol–water partition coefficient (Wildman–Crippen LogP) is 2.48. The zero-order chi connectivity index (χ0) is 16.1. The van der Waals surface area contributed by atoms with Gasteiger partial charge in [0, 0.05) is 30.9 Å². The minimum absolute atomic E-state index is 0.0789. The molecule has 1 N–H and O–H groups in total. The number of rotatable bonds is 4. The van der Waals surface area contributed by atoms with Gasteiger partial charge in [0.2, 0.25) is 0 Å². The van der Waals surface area contributed by atoms with E-state index in [1.807, 2.05) is 18.7 Å². The highest BCUT2D eigenvalue weighted by Gasteiger charge is 2.23. The molecule has 0 bridgehead atoms. The lowest BCUT2D eigenvalue weighted by Gasteiger charge is -2.30. The molecule has 0 aromatic carbocycles. The number of amides is 2. The molecule has 1 aromatic heterocycles. The van der Waals surface area contributed by atoms with Gasteiger partial charge in [-0.15, -0.1) is 0 Å². The largest absolute Gasteiger partial charge is 0.350 e. The molecule has 120 valence electrons. The second-order valence-corrected chi connectivity index (χ2v) is 6.21. The van der Waals surface area contributed by atoms with Crippen LogP contribution in [-0.2, 0) is 0 Å². The fraction of sp³-hybridized carbons (Fsp3) is 0.588. The first kappa shape index (κ1) is 16.5. The summed E-state index contributed by atoms with van der Waals surface area (Å²) in [6.07, 6.45) is 4.59. The van der Waals surface area contributed by atoms with E-state index in [9.17, 15) is 9.59 Å². The number of hydrogen-bond donors (Lipinski definition) is 1. The van der Waals surface area contributed by atoms with E-state index in [1.165, 1.54) is 6.20 Å². The average Bonchev–Trinajstić information content (AvgIpc) is 2.54. The van der Waals surface area contributed by atoms with E-state index in [0.29, 0.717) is 17.2 Å². The van der Waals surface area contributed by atoms with Gasteiger partial charge in [0.1, 0.15) is 5.69 Å². The van der Waals surface area contributed by atoms with Crippen molar-refractivity contribution < 1.29 is 9.59 Å². The van der Waals surface area contributed by atoms with E-state index in [2.05, 4.69) is 17.2 Å². The molecule has 22 heavy (non-hydrogen) atoms. The molecule has 2 atom stereocenters. The van der Waals surface area contributed by atoms with Crippen LogP contribution < -0.4 is 5.32 Å². The molecule has 2 amide bonds. The Morgan fingerprint density at radius 2 is 2.27 bits per heavy atom. The van der Waals surface area contributed by atoms with Crippen molar-refractivity contribution >= 4 is 11.8 Å². The van der Waals surface area contributed by atoms with Gasteiger partial charge in [-0.2, -0.15) is 0 Å². The molecule has 0 spiro atoms. The van der Waals surface area contributed by atoms with E-state index in [-0.39, 0.29) is 17.9 Å². The van der Waals surface area contributed by atoms with Gasteiger partial charge in [0.15, 0.2) is 0 Å². The van der Waals surface area contributed by atoms with Crippen molar-refractivity contribution in [3.63, 3.8) is 0 Å². The smallest absolute Gasteiger partial charge is 0.272 e. The quantitative estimate of drug-likeness (QED) is 0.929. The highest BCUT2D eigenvalue weighted by molar-refractivity contribution is 5.98. The number of hydrogen-bond acceptors (Lipinski definition) is 3. The summed E-state index contributed by atoms with van der Waals surface area (Å²) in [7, 11) is 0. The van der Waals surface area contributed by atoms with Crippen LogP contribution in [0.3, 0.4) is 0 Å². The fourth-order valence-corrected chi connectivity index (χ4v) is 2.63. The van der Waals surface area contributed by atoms with Gasteiger partial charge in [0.05, 0.1) is 0 Å². The molecule has 0 aliphatic carbocycles. The summed E-state index contributed by atoms with van der Waals surface area (Å²) in [5.74, 6) is 0.289. The van der Waals surface area contributed by atoms with Crippen molar-refractivity contribution in [3.05, 3.63) is 29.6 Å². The monoisotopic (exact) mass is 303 g/mol. The Hall–Kier alpha value is -1.91. The van der Waals surface area contributed by atoms with Gasteiger partial charge in [-0.3, -0.25) is 14.6 Å². The molecule has 1 aliphatic rings. The number of nitrogens with one attached hydrogen (secondary N) is 1. The number of nitrogens with zero attached hydrogens (tertiary/aromatic N) is 2. The molecule has 1 fully saturated rings. The lowest BCUT2D eigenvalue weighted by atomic mass is 10.00. The van der Waals surface area contributed by atoms with Gasteiger partial charge in [0.25, 0.3) is 11.8 Å². The summed E-state index contributed by atoms with van der Waals surface area (Å²) in [4.78, 5) is 30.7. The molecule has 1 saturated heterocycles. The minimum atomic E-state index is -0.155. The van der Waals surface area contributed by atoms with E-state index < -0.39 is 0 Å². The Bertz CT molecular complexity index is 544. The van der Waals surface area contributed by atoms with Crippen LogP contribution in [0, 0.1) is 5.92 Å². The van der Waals surface area contributed by atoms with Crippen molar-refractivity contribution in [2.45, 2.75) is 46.1 Å². The van der Waals surface area contributed by atoms with Crippen LogP contribution in [0.1, 0.15) is 60.9 Å². The van der Waals surface area contributed by atoms with Gasteiger partial charge in [-0.05, 0) is 44.2 Å². The normalized spacial score (nSPS) is 19.6. The van der Waals surface area contributed by atoms with Crippen LogP contribution in [0.2, 0.25) is 0 Å². The molecule has 2 unspecified atom stereocenters. The number of carbonyl (C=O) groups excluding carboxylic acids is 2. The average molecular weight is 303 g/mol. The highest BCUT2D eigenvalue weighted by atomic mass is 16.2. The Labute approximate surface area is 132 Å². The van der Waals surface area contributed by atoms with E-state index in [0.717, 1.165) is 32.4 Å².